The average molecular weight is 312 g/mol. The van der Waals surface area contributed by atoms with Crippen LogP contribution in [-0.2, 0) is 9.47 Å². The van der Waals surface area contributed by atoms with E-state index in [9.17, 15) is 4.79 Å². The first-order valence-corrected chi connectivity index (χ1v) is 7.48. The highest BCUT2D eigenvalue weighted by atomic mass is 16.7. The van der Waals surface area contributed by atoms with Crippen molar-refractivity contribution in [1.82, 2.24) is 9.97 Å². The van der Waals surface area contributed by atoms with Gasteiger partial charge in [-0.05, 0) is 18.6 Å². The van der Waals surface area contributed by atoms with E-state index in [1.54, 1.807) is 18.3 Å². The number of aromatic nitrogens is 2. The van der Waals surface area contributed by atoms with Crippen LogP contribution in [0.1, 0.15) is 23.3 Å². The summed E-state index contributed by atoms with van der Waals surface area (Å²) in [4.78, 5) is 19.8. The third-order valence-electron chi connectivity index (χ3n) is 4.06. The first kappa shape index (κ1) is 14.1. The average Bonchev–Trinajstić information content (AvgIpc) is 2.98. The van der Waals surface area contributed by atoms with Crippen LogP contribution in [0.3, 0.4) is 0 Å². The lowest BCUT2D eigenvalue weighted by Crippen LogP contribution is -2.27. The van der Waals surface area contributed by atoms with E-state index < -0.39 is 6.29 Å². The molecule has 1 aliphatic rings. The van der Waals surface area contributed by atoms with Crippen LogP contribution in [0.25, 0.3) is 21.8 Å². The molecule has 1 saturated heterocycles. The highest BCUT2D eigenvalue weighted by Gasteiger charge is 2.21. The second kappa shape index (κ2) is 5.29. The molecule has 0 unspecified atom stereocenters. The van der Waals surface area contributed by atoms with Crippen molar-refractivity contribution in [2.45, 2.75) is 19.1 Å². The fourth-order valence-electron chi connectivity index (χ4n) is 2.94. The summed E-state index contributed by atoms with van der Waals surface area (Å²) in [6, 6.07) is 3.29. The molecule has 1 aromatic carbocycles. The number of hydrogen-bond donors (Lipinski definition) is 3. The lowest BCUT2D eigenvalue weighted by atomic mass is 10.1. The van der Waals surface area contributed by atoms with Crippen LogP contribution in [-0.4, -0.2) is 35.3 Å². The number of anilines is 1. The zero-order valence-electron chi connectivity index (χ0n) is 12.4. The van der Waals surface area contributed by atoms with E-state index in [0.717, 1.165) is 17.2 Å². The third kappa shape index (κ3) is 2.34. The maximum Gasteiger partial charge on any atom is 0.184 e. The van der Waals surface area contributed by atoms with Crippen molar-refractivity contribution in [1.29, 1.82) is 5.41 Å². The van der Waals surface area contributed by atoms with Crippen LogP contribution < -0.4 is 11.1 Å². The molecule has 7 nitrogen and oxygen atoms in total. The number of hydrogen-bond acceptors (Lipinski definition) is 6. The van der Waals surface area contributed by atoms with E-state index in [-0.39, 0.29) is 17.6 Å². The van der Waals surface area contributed by atoms with Crippen LogP contribution >= 0.6 is 0 Å². The lowest BCUT2D eigenvalue weighted by molar-refractivity contribution is -0.175. The Morgan fingerprint density at radius 3 is 2.96 bits per heavy atom. The molecule has 1 fully saturated rings. The molecule has 7 heteroatoms. The molecule has 4 N–H and O–H groups in total. The molecule has 118 valence electrons. The number of rotatable bonds is 3. The molecule has 1 aliphatic heterocycles. The Morgan fingerprint density at radius 2 is 2.17 bits per heavy atom. The minimum absolute atomic E-state index is 0.117. The van der Waals surface area contributed by atoms with Gasteiger partial charge in [-0.25, -0.2) is 0 Å². The Hall–Kier alpha value is -2.51. The Kier molecular flexibility index (Phi) is 3.24. The second-order valence-corrected chi connectivity index (χ2v) is 5.66. The molecule has 3 aromatic rings. The summed E-state index contributed by atoms with van der Waals surface area (Å²) in [6.45, 7) is 1.22. The Morgan fingerprint density at radius 1 is 1.39 bits per heavy atom. The predicted octanol–water partition coefficient (Wildman–Crippen LogP) is 1.55. The van der Waals surface area contributed by atoms with Gasteiger partial charge in [0.1, 0.15) is 0 Å². The Bertz CT molecular complexity index is 943. The van der Waals surface area contributed by atoms with E-state index in [1.165, 1.54) is 0 Å². The molecule has 3 heterocycles. The Labute approximate surface area is 131 Å². The van der Waals surface area contributed by atoms with Gasteiger partial charge in [0.05, 0.1) is 47.4 Å². The standard InChI is InChI=1S/C16H16N4O3/c17-9-5-10(18)16-14-8(7-19-15(9)14)4-11(20-16)12(21)6-13-22-2-1-3-23-13/h4-5,7,13,18,20H,1-3,6,17H2. The van der Waals surface area contributed by atoms with Gasteiger partial charge >= 0.3 is 0 Å². The topological polar surface area (TPSA) is 114 Å². The summed E-state index contributed by atoms with van der Waals surface area (Å²) < 4.78 is 10.9. The van der Waals surface area contributed by atoms with Gasteiger partial charge in [-0.15, -0.1) is 0 Å². The number of carbonyl (C=O) groups excluding carboxylic acids is 1. The summed E-state index contributed by atoms with van der Waals surface area (Å²) >= 11 is 0. The number of nitrogens with two attached hydrogens (primary N) is 1. The molecule has 4 rings (SSSR count). The summed E-state index contributed by atoms with van der Waals surface area (Å²) in [7, 11) is 0. The van der Waals surface area contributed by atoms with Crippen molar-refractivity contribution in [2.75, 3.05) is 18.9 Å². The van der Waals surface area contributed by atoms with Crippen molar-refractivity contribution in [3.63, 3.8) is 0 Å². The van der Waals surface area contributed by atoms with Crippen LogP contribution in [0, 0.1) is 5.41 Å². The van der Waals surface area contributed by atoms with Crippen molar-refractivity contribution < 1.29 is 14.3 Å². The van der Waals surface area contributed by atoms with Gasteiger partial charge in [-0.3, -0.25) is 15.2 Å². The number of ether oxygens (including phenoxy) is 2. The summed E-state index contributed by atoms with van der Waals surface area (Å²) in [5.74, 6) is -0.117. The number of nitrogens with zero attached hydrogens (tertiary/aromatic N) is 1. The number of H-pyrrole nitrogens is 1. The molecule has 0 saturated carbocycles. The summed E-state index contributed by atoms with van der Waals surface area (Å²) in [5.41, 5.74) is 8.01. The van der Waals surface area contributed by atoms with Crippen molar-refractivity contribution in [3.05, 3.63) is 29.4 Å². The van der Waals surface area contributed by atoms with Crippen molar-refractivity contribution in [3.8, 4) is 0 Å². The lowest BCUT2D eigenvalue weighted by Gasteiger charge is -2.22. The number of benzene rings is 1. The van der Waals surface area contributed by atoms with E-state index in [2.05, 4.69) is 9.97 Å². The van der Waals surface area contributed by atoms with E-state index >= 15 is 0 Å². The fourth-order valence-corrected chi connectivity index (χ4v) is 2.94. The number of carbonyl (C=O) groups is 1. The number of pyridine rings is 1. The summed E-state index contributed by atoms with van der Waals surface area (Å²) in [6.07, 6.45) is 2.17. The minimum atomic E-state index is -0.500. The number of nitrogens with one attached hydrogen (secondary N) is 2. The van der Waals surface area contributed by atoms with Gasteiger partial charge in [0.2, 0.25) is 0 Å². The molecule has 0 radical (unpaired) electrons. The second-order valence-electron chi connectivity index (χ2n) is 5.66. The molecule has 2 aromatic heterocycles. The molecular weight excluding hydrogens is 296 g/mol. The molecule has 0 aliphatic carbocycles. The van der Waals surface area contributed by atoms with Gasteiger partial charge in [0.25, 0.3) is 0 Å². The van der Waals surface area contributed by atoms with E-state index in [0.29, 0.717) is 35.6 Å². The number of aromatic amines is 1. The predicted molar refractivity (Wildman–Crippen MR) is 84.3 cm³/mol. The molecule has 23 heavy (non-hydrogen) atoms. The van der Waals surface area contributed by atoms with Gasteiger partial charge < -0.3 is 20.2 Å². The van der Waals surface area contributed by atoms with Crippen molar-refractivity contribution in [2.24, 2.45) is 0 Å². The number of nitrogen functional groups attached to an aromatic ring is 1. The normalized spacial score (nSPS) is 16.3. The van der Waals surface area contributed by atoms with Crippen LogP contribution in [0.2, 0.25) is 0 Å². The van der Waals surface area contributed by atoms with Crippen molar-refractivity contribution >= 4 is 33.3 Å². The molecular formula is C16H16N4O3. The maximum atomic E-state index is 12.5. The third-order valence-corrected chi connectivity index (χ3v) is 4.06. The minimum Gasteiger partial charge on any atom is -0.397 e. The highest BCUT2D eigenvalue weighted by Crippen LogP contribution is 2.28. The summed E-state index contributed by atoms with van der Waals surface area (Å²) in [5, 5.41) is 9.92. The first-order valence-electron chi connectivity index (χ1n) is 7.48. The van der Waals surface area contributed by atoms with E-state index in [1.807, 2.05) is 0 Å². The quantitative estimate of drug-likeness (QED) is 0.501. The smallest absolute Gasteiger partial charge is 0.184 e. The first-order chi connectivity index (χ1) is 11.1. The maximum absolute atomic E-state index is 12.5. The molecule has 0 amide bonds. The fraction of sp³-hybridized carbons (Fsp3) is 0.312. The molecule has 0 bridgehead atoms. The SMILES string of the molecule is N=c1cc(N)c2ncc3cc(C(=O)CC4OCCCO4)[nH]c1c32. The number of Topliss-reactive ketones (excluding diaryl/α,β-unsaturated/α-hetero) is 1. The van der Waals surface area contributed by atoms with Gasteiger partial charge in [-0.2, -0.15) is 0 Å². The number of ketones is 1. The zero-order chi connectivity index (χ0) is 16.0. The largest absolute Gasteiger partial charge is 0.397 e. The van der Waals surface area contributed by atoms with Gasteiger partial charge in [-0.1, -0.05) is 0 Å². The van der Waals surface area contributed by atoms with Crippen LogP contribution in [0.15, 0.2) is 18.3 Å². The zero-order valence-corrected chi connectivity index (χ0v) is 12.4. The molecule has 0 spiro atoms. The van der Waals surface area contributed by atoms with E-state index in [4.69, 9.17) is 20.6 Å². The van der Waals surface area contributed by atoms with Crippen LogP contribution in [0.4, 0.5) is 5.69 Å². The highest BCUT2D eigenvalue weighted by molar-refractivity contribution is 6.13. The van der Waals surface area contributed by atoms with Gasteiger partial charge in [0, 0.05) is 17.0 Å². The molecule has 0 atom stereocenters. The van der Waals surface area contributed by atoms with Crippen LogP contribution in [0.5, 0.6) is 0 Å². The van der Waals surface area contributed by atoms with Gasteiger partial charge in [0.15, 0.2) is 12.1 Å². The monoisotopic (exact) mass is 312 g/mol. The Balaban J connectivity index is 1.76.